The number of fused-ring (bicyclic) bond motifs is 2. The van der Waals surface area contributed by atoms with Crippen molar-refractivity contribution in [1.82, 2.24) is 4.37 Å². The fraction of sp³-hybridized carbons (Fsp3) is 0.733. The van der Waals surface area contributed by atoms with E-state index in [4.69, 9.17) is 0 Å². The number of aryl methyl sites for hydroxylation is 1. The van der Waals surface area contributed by atoms with Crippen LogP contribution in [0.3, 0.4) is 0 Å². The molecule has 1 aromatic rings. The summed E-state index contributed by atoms with van der Waals surface area (Å²) < 4.78 is 4.32. The van der Waals surface area contributed by atoms with Crippen LogP contribution in [-0.2, 0) is 0 Å². The summed E-state index contributed by atoms with van der Waals surface area (Å²) in [6.45, 7) is 9.06. The number of aromatic nitrogens is 1. The molecule has 0 aliphatic heterocycles. The summed E-state index contributed by atoms with van der Waals surface area (Å²) in [6, 6.07) is 2.74. The smallest absolute Gasteiger partial charge is 0.127 e. The molecule has 2 bridgehead atoms. The van der Waals surface area contributed by atoms with Gasteiger partial charge in [0.1, 0.15) is 16.6 Å². The summed E-state index contributed by atoms with van der Waals surface area (Å²) in [4.78, 5) is 0. The Kier molecular flexibility index (Phi) is 2.69. The molecule has 1 aromatic heterocycles. The second kappa shape index (κ2) is 3.96. The highest BCUT2D eigenvalue weighted by Gasteiger charge is 2.59. The third kappa shape index (κ3) is 1.71. The van der Waals surface area contributed by atoms with E-state index < -0.39 is 0 Å². The Labute approximate surface area is 119 Å². The Morgan fingerprint density at radius 1 is 1.42 bits per heavy atom. The molecule has 0 spiro atoms. The average Bonchev–Trinajstić information content (AvgIpc) is 2.94. The van der Waals surface area contributed by atoms with Crippen LogP contribution < -0.4 is 5.32 Å². The Bertz CT molecular complexity index is 549. The molecule has 2 aliphatic rings. The summed E-state index contributed by atoms with van der Waals surface area (Å²) in [5, 5.41) is 13.9. The van der Waals surface area contributed by atoms with Gasteiger partial charge in [0, 0.05) is 6.04 Å². The molecule has 19 heavy (non-hydrogen) atoms. The normalized spacial score (nSPS) is 35.3. The van der Waals surface area contributed by atoms with Crippen LogP contribution >= 0.6 is 11.5 Å². The van der Waals surface area contributed by atoms with Crippen molar-refractivity contribution >= 4 is 16.5 Å². The van der Waals surface area contributed by atoms with E-state index >= 15 is 0 Å². The lowest BCUT2D eigenvalue weighted by Gasteiger charge is -2.43. The lowest BCUT2D eigenvalue weighted by atomic mass is 9.68. The second-order valence-electron chi connectivity index (χ2n) is 7.08. The SMILES string of the molecule is Cc1nsc(NC2C3(C)CCC(C3)C2(C)C)c1C#N. The molecule has 0 saturated heterocycles. The van der Waals surface area contributed by atoms with Gasteiger partial charge in [-0.3, -0.25) is 0 Å². The van der Waals surface area contributed by atoms with Crippen LogP contribution in [0.1, 0.15) is 51.3 Å². The largest absolute Gasteiger partial charge is 0.371 e. The first-order valence-electron chi connectivity index (χ1n) is 7.01. The van der Waals surface area contributed by atoms with Crippen LogP contribution in [0.15, 0.2) is 0 Å². The number of nitriles is 1. The van der Waals surface area contributed by atoms with E-state index in [9.17, 15) is 5.26 Å². The molecule has 2 fully saturated rings. The number of nitrogens with one attached hydrogen (secondary N) is 1. The number of hydrogen-bond acceptors (Lipinski definition) is 4. The van der Waals surface area contributed by atoms with E-state index in [1.54, 1.807) is 0 Å². The number of hydrogen-bond donors (Lipinski definition) is 1. The predicted octanol–water partition coefficient (Wildman–Crippen LogP) is 3.95. The lowest BCUT2D eigenvalue weighted by Crippen LogP contribution is -2.45. The molecule has 2 saturated carbocycles. The highest BCUT2D eigenvalue weighted by atomic mass is 32.1. The highest BCUT2D eigenvalue weighted by Crippen LogP contribution is 2.63. The first kappa shape index (κ1) is 12.9. The minimum Gasteiger partial charge on any atom is -0.371 e. The second-order valence-corrected chi connectivity index (χ2v) is 7.85. The maximum absolute atomic E-state index is 9.26. The van der Waals surface area contributed by atoms with Gasteiger partial charge in [-0.05, 0) is 54.5 Å². The van der Waals surface area contributed by atoms with Crippen LogP contribution in [0, 0.1) is 35.0 Å². The predicted molar refractivity (Wildman–Crippen MR) is 78.2 cm³/mol. The van der Waals surface area contributed by atoms with Gasteiger partial charge in [-0.1, -0.05) is 20.8 Å². The van der Waals surface area contributed by atoms with Crippen molar-refractivity contribution < 1.29 is 0 Å². The molecule has 0 aromatic carbocycles. The van der Waals surface area contributed by atoms with Gasteiger partial charge in [0.2, 0.25) is 0 Å². The fourth-order valence-corrected chi connectivity index (χ4v) is 5.17. The summed E-state index contributed by atoms with van der Waals surface area (Å²) in [5.41, 5.74) is 2.25. The van der Waals surface area contributed by atoms with Gasteiger partial charge in [-0.25, -0.2) is 0 Å². The topological polar surface area (TPSA) is 48.7 Å². The molecule has 102 valence electrons. The summed E-state index contributed by atoms with van der Waals surface area (Å²) >= 11 is 1.43. The minimum absolute atomic E-state index is 0.303. The van der Waals surface area contributed by atoms with Crippen molar-refractivity contribution in [2.75, 3.05) is 5.32 Å². The molecule has 1 heterocycles. The monoisotopic (exact) mass is 275 g/mol. The van der Waals surface area contributed by atoms with Gasteiger partial charge in [0.05, 0.1) is 5.69 Å². The highest BCUT2D eigenvalue weighted by molar-refractivity contribution is 7.10. The third-order valence-corrected chi connectivity index (χ3v) is 6.39. The molecule has 0 amide bonds. The molecule has 2 aliphatic carbocycles. The van der Waals surface area contributed by atoms with E-state index in [1.165, 1.54) is 30.8 Å². The minimum atomic E-state index is 0.303. The Morgan fingerprint density at radius 2 is 2.16 bits per heavy atom. The molecular formula is C15H21N3S. The van der Waals surface area contributed by atoms with Crippen molar-refractivity contribution in [3.63, 3.8) is 0 Å². The Balaban J connectivity index is 1.93. The quantitative estimate of drug-likeness (QED) is 0.889. The zero-order valence-corrected chi connectivity index (χ0v) is 12.9. The molecule has 3 unspecified atom stereocenters. The molecule has 3 atom stereocenters. The average molecular weight is 275 g/mol. The fourth-order valence-electron chi connectivity index (χ4n) is 4.39. The number of nitrogens with zero attached hydrogens (tertiary/aromatic N) is 2. The van der Waals surface area contributed by atoms with Crippen molar-refractivity contribution in [3.8, 4) is 6.07 Å². The first-order valence-corrected chi connectivity index (χ1v) is 7.79. The molecular weight excluding hydrogens is 254 g/mol. The van der Waals surface area contributed by atoms with Gasteiger partial charge in [-0.2, -0.15) is 9.64 Å². The zero-order valence-electron chi connectivity index (χ0n) is 12.1. The van der Waals surface area contributed by atoms with E-state index in [1.807, 2.05) is 6.92 Å². The van der Waals surface area contributed by atoms with Crippen molar-refractivity contribution in [1.29, 1.82) is 5.26 Å². The molecule has 4 heteroatoms. The van der Waals surface area contributed by atoms with Gasteiger partial charge in [0.15, 0.2) is 0 Å². The maximum Gasteiger partial charge on any atom is 0.127 e. The standard InChI is InChI=1S/C15H21N3S/c1-9-11(8-16)12(19-18-9)17-13-14(2,3)10-5-6-15(13,4)7-10/h10,13,17H,5-7H2,1-4H3. The molecule has 3 rings (SSSR count). The summed E-state index contributed by atoms with van der Waals surface area (Å²) in [6.07, 6.45) is 3.98. The summed E-state index contributed by atoms with van der Waals surface area (Å²) in [7, 11) is 0. The Hall–Kier alpha value is -1.08. The lowest BCUT2D eigenvalue weighted by molar-refractivity contribution is 0.156. The van der Waals surface area contributed by atoms with E-state index in [-0.39, 0.29) is 0 Å². The zero-order chi connectivity index (χ0) is 13.8. The maximum atomic E-state index is 9.26. The van der Waals surface area contributed by atoms with Crippen molar-refractivity contribution in [2.24, 2.45) is 16.7 Å². The Morgan fingerprint density at radius 3 is 2.74 bits per heavy atom. The van der Waals surface area contributed by atoms with E-state index in [0.717, 1.165) is 22.2 Å². The van der Waals surface area contributed by atoms with Crippen LogP contribution in [-0.4, -0.2) is 10.4 Å². The van der Waals surface area contributed by atoms with Gasteiger partial charge in [0.25, 0.3) is 0 Å². The first-order chi connectivity index (χ1) is 8.88. The molecule has 1 N–H and O–H groups in total. The van der Waals surface area contributed by atoms with Crippen LogP contribution in [0.5, 0.6) is 0 Å². The molecule has 0 radical (unpaired) electrons. The van der Waals surface area contributed by atoms with E-state index in [0.29, 0.717) is 16.9 Å². The van der Waals surface area contributed by atoms with Crippen LogP contribution in [0.2, 0.25) is 0 Å². The number of rotatable bonds is 2. The van der Waals surface area contributed by atoms with Crippen molar-refractivity contribution in [2.45, 2.75) is 53.0 Å². The van der Waals surface area contributed by atoms with Crippen molar-refractivity contribution in [3.05, 3.63) is 11.3 Å². The van der Waals surface area contributed by atoms with Gasteiger partial charge in [-0.15, -0.1) is 0 Å². The molecule has 3 nitrogen and oxygen atoms in total. The van der Waals surface area contributed by atoms with Crippen LogP contribution in [0.4, 0.5) is 5.00 Å². The third-order valence-electron chi connectivity index (χ3n) is 5.52. The number of anilines is 1. The van der Waals surface area contributed by atoms with Crippen LogP contribution in [0.25, 0.3) is 0 Å². The summed E-state index contributed by atoms with van der Waals surface area (Å²) in [5.74, 6) is 0.814. The van der Waals surface area contributed by atoms with Gasteiger partial charge >= 0.3 is 0 Å². The van der Waals surface area contributed by atoms with Gasteiger partial charge < -0.3 is 5.32 Å². The van der Waals surface area contributed by atoms with E-state index in [2.05, 4.69) is 36.5 Å².